The van der Waals surface area contributed by atoms with E-state index in [-0.39, 0.29) is 24.3 Å². The molecule has 1 atom stereocenters. The zero-order chi connectivity index (χ0) is 17.7. The number of esters is 1. The van der Waals surface area contributed by atoms with Crippen molar-refractivity contribution in [1.29, 1.82) is 0 Å². The number of carbonyl (C=O) groups excluding carboxylic acids is 2. The summed E-state index contributed by atoms with van der Waals surface area (Å²) >= 11 is 0. The lowest BCUT2D eigenvalue weighted by atomic mass is 10.1. The minimum absolute atomic E-state index is 0.0204. The molecule has 0 aliphatic heterocycles. The van der Waals surface area contributed by atoms with Crippen LogP contribution in [0, 0.1) is 0 Å². The molecule has 0 bridgehead atoms. The SMILES string of the molecule is CCOC(=O)c1oc2ccccc2c1C[NH+](C)CC(=O)NC(C)C. The van der Waals surface area contributed by atoms with Crippen molar-refractivity contribution in [2.45, 2.75) is 33.4 Å². The lowest BCUT2D eigenvalue weighted by Crippen LogP contribution is -3.09. The van der Waals surface area contributed by atoms with E-state index in [1.54, 1.807) is 6.92 Å². The van der Waals surface area contributed by atoms with Crippen LogP contribution in [0.3, 0.4) is 0 Å². The van der Waals surface area contributed by atoms with Gasteiger partial charge in [-0.3, -0.25) is 4.79 Å². The Morgan fingerprint density at radius 3 is 2.67 bits per heavy atom. The van der Waals surface area contributed by atoms with Gasteiger partial charge in [-0.15, -0.1) is 0 Å². The van der Waals surface area contributed by atoms with Gasteiger partial charge in [-0.05, 0) is 26.8 Å². The Morgan fingerprint density at radius 2 is 2.00 bits per heavy atom. The van der Waals surface area contributed by atoms with Gasteiger partial charge in [-0.1, -0.05) is 18.2 Å². The fourth-order valence-corrected chi connectivity index (χ4v) is 2.65. The number of carbonyl (C=O) groups is 2. The van der Waals surface area contributed by atoms with Gasteiger partial charge in [0.25, 0.3) is 5.91 Å². The summed E-state index contributed by atoms with van der Waals surface area (Å²) in [5.41, 5.74) is 1.42. The Hall–Kier alpha value is -2.34. The molecule has 1 aromatic heterocycles. The first-order valence-electron chi connectivity index (χ1n) is 8.20. The monoisotopic (exact) mass is 333 g/mol. The van der Waals surface area contributed by atoms with Crippen molar-refractivity contribution in [3.63, 3.8) is 0 Å². The molecule has 0 saturated heterocycles. The van der Waals surface area contributed by atoms with Crippen LogP contribution in [0.15, 0.2) is 28.7 Å². The fourth-order valence-electron chi connectivity index (χ4n) is 2.65. The van der Waals surface area contributed by atoms with Crippen molar-refractivity contribution in [2.75, 3.05) is 20.2 Å². The molecule has 6 heteroatoms. The minimum atomic E-state index is -0.469. The molecule has 0 aliphatic rings. The van der Waals surface area contributed by atoms with Crippen molar-refractivity contribution in [2.24, 2.45) is 0 Å². The van der Waals surface area contributed by atoms with E-state index in [0.29, 0.717) is 18.7 Å². The summed E-state index contributed by atoms with van der Waals surface area (Å²) < 4.78 is 10.8. The molecular formula is C18H25N2O4+. The summed E-state index contributed by atoms with van der Waals surface area (Å²) in [6.45, 7) is 6.71. The van der Waals surface area contributed by atoms with E-state index >= 15 is 0 Å². The van der Waals surface area contributed by atoms with E-state index < -0.39 is 5.97 Å². The fraction of sp³-hybridized carbons (Fsp3) is 0.444. The van der Waals surface area contributed by atoms with Crippen molar-refractivity contribution in [1.82, 2.24) is 5.32 Å². The second-order valence-electron chi connectivity index (χ2n) is 6.16. The predicted molar refractivity (Wildman–Crippen MR) is 90.9 cm³/mol. The number of quaternary nitrogens is 1. The zero-order valence-electron chi connectivity index (χ0n) is 14.6. The third-order valence-corrected chi connectivity index (χ3v) is 3.55. The number of benzene rings is 1. The highest BCUT2D eigenvalue weighted by Crippen LogP contribution is 2.25. The molecule has 0 fully saturated rings. The highest BCUT2D eigenvalue weighted by Gasteiger charge is 2.24. The summed E-state index contributed by atoms with van der Waals surface area (Å²) in [6, 6.07) is 7.60. The molecule has 2 rings (SSSR count). The van der Waals surface area contributed by atoms with E-state index in [0.717, 1.165) is 15.8 Å². The average Bonchev–Trinajstić information content (AvgIpc) is 2.85. The third kappa shape index (κ3) is 4.35. The summed E-state index contributed by atoms with van der Waals surface area (Å²) in [5, 5.41) is 3.75. The number of likely N-dealkylation sites (N-methyl/N-ethyl adjacent to an activating group) is 1. The predicted octanol–water partition coefficient (Wildman–Crippen LogP) is 1.15. The van der Waals surface area contributed by atoms with Gasteiger partial charge in [0.2, 0.25) is 5.76 Å². The van der Waals surface area contributed by atoms with Crippen molar-refractivity contribution in [3.8, 4) is 0 Å². The van der Waals surface area contributed by atoms with E-state index in [4.69, 9.17) is 9.15 Å². The van der Waals surface area contributed by atoms with E-state index in [1.807, 2.05) is 45.2 Å². The van der Waals surface area contributed by atoms with Gasteiger partial charge in [0, 0.05) is 11.4 Å². The third-order valence-electron chi connectivity index (χ3n) is 3.55. The van der Waals surface area contributed by atoms with Crippen LogP contribution in [0.25, 0.3) is 11.0 Å². The molecule has 0 radical (unpaired) electrons. The van der Waals surface area contributed by atoms with Crippen LogP contribution in [-0.2, 0) is 16.1 Å². The van der Waals surface area contributed by atoms with Crippen LogP contribution in [0.5, 0.6) is 0 Å². The normalized spacial score (nSPS) is 12.4. The zero-order valence-corrected chi connectivity index (χ0v) is 14.6. The van der Waals surface area contributed by atoms with Gasteiger partial charge < -0.3 is 19.4 Å². The molecule has 130 valence electrons. The maximum absolute atomic E-state index is 12.2. The molecule has 0 spiro atoms. The van der Waals surface area contributed by atoms with Crippen molar-refractivity contribution < 1.29 is 23.6 Å². The Kier molecular flexibility index (Phi) is 5.98. The Morgan fingerprint density at radius 1 is 1.29 bits per heavy atom. The number of rotatable bonds is 7. The minimum Gasteiger partial charge on any atom is -0.460 e. The number of para-hydroxylation sites is 1. The lowest BCUT2D eigenvalue weighted by Gasteiger charge is -2.15. The summed E-state index contributed by atoms with van der Waals surface area (Å²) in [6.07, 6.45) is 0. The quantitative estimate of drug-likeness (QED) is 0.746. The maximum atomic E-state index is 12.2. The van der Waals surface area contributed by atoms with Gasteiger partial charge in [0.15, 0.2) is 6.54 Å². The molecule has 24 heavy (non-hydrogen) atoms. The van der Waals surface area contributed by atoms with Gasteiger partial charge >= 0.3 is 5.97 Å². The van der Waals surface area contributed by atoms with Crippen LogP contribution < -0.4 is 10.2 Å². The molecule has 1 amide bonds. The lowest BCUT2D eigenvalue weighted by molar-refractivity contribution is -0.885. The Balaban J connectivity index is 2.24. The molecule has 2 N–H and O–H groups in total. The number of hydrogen-bond donors (Lipinski definition) is 2. The first-order valence-corrected chi connectivity index (χ1v) is 8.20. The number of furan rings is 1. The molecule has 1 unspecified atom stereocenters. The van der Waals surface area contributed by atoms with E-state index in [2.05, 4.69) is 5.32 Å². The van der Waals surface area contributed by atoms with Crippen LogP contribution >= 0.6 is 0 Å². The van der Waals surface area contributed by atoms with Gasteiger partial charge in [-0.2, -0.15) is 0 Å². The van der Waals surface area contributed by atoms with Crippen molar-refractivity contribution >= 4 is 22.8 Å². The largest absolute Gasteiger partial charge is 0.460 e. The molecule has 1 aromatic carbocycles. The molecule has 0 aliphatic carbocycles. The van der Waals surface area contributed by atoms with E-state index in [1.165, 1.54) is 0 Å². The molecule has 2 aromatic rings. The smallest absolute Gasteiger partial charge is 0.374 e. The Bertz CT molecular complexity index is 721. The van der Waals surface area contributed by atoms with Gasteiger partial charge in [-0.25, -0.2) is 4.79 Å². The first kappa shape index (κ1) is 18.0. The molecular weight excluding hydrogens is 308 g/mol. The highest BCUT2D eigenvalue weighted by atomic mass is 16.5. The molecule has 6 nitrogen and oxygen atoms in total. The highest BCUT2D eigenvalue weighted by molar-refractivity contribution is 5.96. The summed E-state index contributed by atoms with van der Waals surface area (Å²) in [7, 11) is 1.91. The van der Waals surface area contributed by atoms with Crippen LogP contribution in [0.4, 0.5) is 0 Å². The van der Waals surface area contributed by atoms with Gasteiger partial charge in [0.1, 0.15) is 12.1 Å². The van der Waals surface area contributed by atoms with Gasteiger partial charge in [0.05, 0.1) is 19.2 Å². The summed E-state index contributed by atoms with van der Waals surface area (Å²) in [5.74, 6) is -0.266. The van der Waals surface area contributed by atoms with E-state index in [9.17, 15) is 9.59 Å². The number of hydrogen-bond acceptors (Lipinski definition) is 4. The number of fused-ring (bicyclic) bond motifs is 1. The topological polar surface area (TPSA) is 73.0 Å². The van der Waals surface area contributed by atoms with Crippen LogP contribution in [0.1, 0.15) is 36.9 Å². The standard InChI is InChI=1S/C18H24N2O4/c1-5-23-18(22)17-14(13-8-6-7-9-15(13)24-17)10-20(4)11-16(21)19-12(2)3/h6-9,12H,5,10-11H2,1-4H3,(H,19,21)/p+1. The van der Waals surface area contributed by atoms with Crippen LogP contribution in [-0.4, -0.2) is 38.1 Å². The molecule has 0 saturated carbocycles. The second kappa shape index (κ2) is 7.97. The number of nitrogens with one attached hydrogen (secondary N) is 2. The maximum Gasteiger partial charge on any atom is 0.374 e. The average molecular weight is 333 g/mol. The number of ether oxygens (including phenoxy) is 1. The second-order valence-corrected chi connectivity index (χ2v) is 6.16. The number of amides is 1. The summed E-state index contributed by atoms with van der Waals surface area (Å²) in [4.78, 5) is 25.1. The van der Waals surface area contributed by atoms with Crippen LogP contribution in [0.2, 0.25) is 0 Å². The molecule has 1 heterocycles. The Labute approximate surface area is 141 Å². The first-order chi connectivity index (χ1) is 11.4. The van der Waals surface area contributed by atoms with Crippen molar-refractivity contribution in [3.05, 3.63) is 35.6 Å².